The molecule has 2 unspecified atom stereocenters. The number of amides is 1. The summed E-state index contributed by atoms with van der Waals surface area (Å²) < 4.78 is 0. The zero-order valence-electron chi connectivity index (χ0n) is 11.6. The van der Waals surface area contributed by atoms with Crippen molar-refractivity contribution in [3.8, 4) is 6.07 Å². The third-order valence-electron chi connectivity index (χ3n) is 3.25. The van der Waals surface area contributed by atoms with Crippen LogP contribution in [0.5, 0.6) is 0 Å². The number of nitrogen functional groups attached to an aromatic ring is 1. The molecule has 0 saturated carbocycles. The van der Waals surface area contributed by atoms with Crippen molar-refractivity contribution in [2.45, 2.75) is 32.4 Å². The predicted molar refractivity (Wildman–Crippen MR) is 76.4 cm³/mol. The SMILES string of the molecule is CC(CC#N)N(C)C(C)C(=O)Nc1ccc(N)cc1. The number of likely N-dealkylation sites (N-methyl/N-ethyl adjacent to an activating group) is 1. The molecule has 0 aliphatic heterocycles. The lowest BCUT2D eigenvalue weighted by atomic mass is 10.1. The first-order valence-corrected chi connectivity index (χ1v) is 6.21. The number of carbonyl (C=O) groups is 1. The van der Waals surface area contributed by atoms with E-state index in [-0.39, 0.29) is 18.0 Å². The molecule has 19 heavy (non-hydrogen) atoms. The molecular formula is C14H20N4O. The maximum Gasteiger partial charge on any atom is 0.241 e. The molecule has 0 spiro atoms. The quantitative estimate of drug-likeness (QED) is 0.791. The van der Waals surface area contributed by atoms with E-state index < -0.39 is 0 Å². The second kappa shape index (κ2) is 6.76. The van der Waals surface area contributed by atoms with Gasteiger partial charge in [-0.3, -0.25) is 9.69 Å². The molecule has 0 bridgehead atoms. The molecule has 0 aliphatic carbocycles. The van der Waals surface area contributed by atoms with E-state index in [2.05, 4.69) is 11.4 Å². The van der Waals surface area contributed by atoms with Crippen molar-refractivity contribution >= 4 is 17.3 Å². The number of carbonyl (C=O) groups excluding carboxylic acids is 1. The molecule has 0 radical (unpaired) electrons. The largest absolute Gasteiger partial charge is 0.399 e. The van der Waals surface area contributed by atoms with Gasteiger partial charge in [0.2, 0.25) is 5.91 Å². The number of rotatable bonds is 5. The summed E-state index contributed by atoms with van der Waals surface area (Å²) in [6.07, 6.45) is 0.399. The monoisotopic (exact) mass is 260 g/mol. The Morgan fingerprint density at radius 2 is 2.00 bits per heavy atom. The zero-order chi connectivity index (χ0) is 14.4. The van der Waals surface area contributed by atoms with Crippen LogP contribution in [-0.4, -0.2) is 29.9 Å². The fourth-order valence-corrected chi connectivity index (χ4v) is 1.66. The number of anilines is 2. The van der Waals surface area contributed by atoms with Crippen LogP contribution in [0.3, 0.4) is 0 Å². The van der Waals surface area contributed by atoms with Gasteiger partial charge in [-0.25, -0.2) is 0 Å². The Kier molecular flexibility index (Phi) is 5.34. The Morgan fingerprint density at radius 1 is 1.42 bits per heavy atom. The molecule has 1 amide bonds. The van der Waals surface area contributed by atoms with E-state index in [4.69, 9.17) is 11.0 Å². The van der Waals surface area contributed by atoms with Crippen LogP contribution in [0.2, 0.25) is 0 Å². The maximum absolute atomic E-state index is 12.1. The van der Waals surface area contributed by atoms with Crippen LogP contribution in [0, 0.1) is 11.3 Å². The third-order valence-corrected chi connectivity index (χ3v) is 3.25. The fourth-order valence-electron chi connectivity index (χ4n) is 1.66. The highest BCUT2D eigenvalue weighted by Gasteiger charge is 2.22. The van der Waals surface area contributed by atoms with Crippen molar-refractivity contribution in [2.75, 3.05) is 18.1 Å². The van der Waals surface area contributed by atoms with Crippen molar-refractivity contribution in [2.24, 2.45) is 0 Å². The Balaban J connectivity index is 2.62. The van der Waals surface area contributed by atoms with Crippen LogP contribution in [0.1, 0.15) is 20.3 Å². The number of nitriles is 1. The van der Waals surface area contributed by atoms with Crippen LogP contribution in [-0.2, 0) is 4.79 Å². The van der Waals surface area contributed by atoms with Crippen molar-refractivity contribution in [1.82, 2.24) is 4.90 Å². The number of benzene rings is 1. The molecule has 3 N–H and O–H groups in total. The van der Waals surface area contributed by atoms with E-state index in [1.807, 2.05) is 25.8 Å². The number of nitrogens with zero attached hydrogens (tertiary/aromatic N) is 2. The lowest BCUT2D eigenvalue weighted by Gasteiger charge is -2.28. The molecule has 1 aromatic rings. The smallest absolute Gasteiger partial charge is 0.241 e. The van der Waals surface area contributed by atoms with Gasteiger partial charge in [0.05, 0.1) is 18.5 Å². The molecule has 1 rings (SSSR count). The van der Waals surface area contributed by atoms with E-state index in [0.717, 1.165) is 0 Å². The van der Waals surface area contributed by atoms with Crippen molar-refractivity contribution < 1.29 is 4.79 Å². The molecule has 1 aromatic carbocycles. The summed E-state index contributed by atoms with van der Waals surface area (Å²) in [5, 5.41) is 11.5. The highest BCUT2D eigenvalue weighted by Crippen LogP contribution is 2.12. The average molecular weight is 260 g/mol. The molecule has 0 aromatic heterocycles. The third kappa shape index (κ3) is 4.27. The average Bonchev–Trinajstić information content (AvgIpc) is 2.39. The summed E-state index contributed by atoms with van der Waals surface area (Å²) in [5.74, 6) is -0.0999. The van der Waals surface area contributed by atoms with E-state index >= 15 is 0 Å². The van der Waals surface area contributed by atoms with E-state index in [1.165, 1.54) is 0 Å². The first-order chi connectivity index (χ1) is 8.95. The molecule has 102 valence electrons. The Morgan fingerprint density at radius 3 is 2.53 bits per heavy atom. The van der Waals surface area contributed by atoms with Crippen LogP contribution >= 0.6 is 0 Å². The summed E-state index contributed by atoms with van der Waals surface area (Å²) >= 11 is 0. The van der Waals surface area contributed by atoms with Gasteiger partial charge in [0.1, 0.15) is 0 Å². The summed E-state index contributed by atoms with van der Waals surface area (Å²) in [7, 11) is 1.84. The standard InChI is InChI=1S/C14H20N4O/c1-10(8-9-15)18(3)11(2)14(19)17-13-6-4-12(16)5-7-13/h4-7,10-11H,8,16H2,1-3H3,(H,17,19). The maximum atomic E-state index is 12.1. The minimum absolute atomic E-state index is 0.0390. The second-order valence-electron chi connectivity index (χ2n) is 4.66. The highest BCUT2D eigenvalue weighted by molar-refractivity contribution is 5.94. The molecule has 0 saturated heterocycles. The van der Waals surface area contributed by atoms with Gasteiger partial charge in [0, 0.05) is 17.4 Å². The fraction of sp³-hybridized carbons (Fsp3) is 0.429. The normalized spacial score (nSPS) is 13.6. The molecule has 0 aliphatic rings. The number of hydrogen-bond donors (Lipinski definition) is 2. The predicted octanol–water partition coefficient (Wildman–Crippen LogP) is 1.83. The van der Waals surface area contributed by atoms with Gasteiger partial charge < -0.3 is 11.1 Å². The topological polar surface area (TPSA) is 82.2 Å². The van der Waals surface area contributed by atoms with Gasteiger partial charge in [-0.2, -0.15) is 5.26 Å². The highest BCUT2D eigenvalue weighted by atomic mass is 16.2. The van der Waals surface area contributed by atoms with Crippen LogP contribution in [0.15, 0.2) is 24.3 Å². The lowest BCUT2D eigenvalue weighted by molar-refractivity contribution is -0.120. The molecule has 0 fully saturated rings. The molecular weight excluding hydrogens is 240 g/mol. The second-order valence-corrected chi connectivity index (χ2v) is 4.66. The van der Waals surface area contributed by atoms with Crippen molar-refractivity contribution in [1.29, 1.82) is 5.26 Å². The Hall–Kier alpha value is -2.06. The Bertz CT molecular complexity index is 463. The first-order valence-electron chi connectivity index (χ1n) is 6.21. The van der Waals surface area contributed by atoms with Gasteiger partial charge in [-0.15, -0.1) is 0 Å². The van der Waals surface area contributed by atoms with Gasteiger partial charge >= 0.3 is 0 Å². The minimum Gasteiger partial charge on any atom is -0.399 e. The number of hydrogen-bond acceptors (Lipinski definition) is 4. The molecule has 2 atom stereocenters. The van der Waals surface area contributed by atoms with Crippen LogP contribution in [0.4, 0.5) is 11.4 Å². The van der Waals surface area contributed by atoms with Crippen molar-refractivity contribution in [3.05, 3.63) is 24.3 Å². The van der Waals surface area contributed by atoms with Gasteiger partial charge in [0.25, 0.3) is 0 Å². The molecule has 5 nitrogen and oxygen atoms in total. The van der Waals surface area contributed by atoms with E-state index in [1.54, 1.807) is 24.3 Å². The summed E-state index contributed by atoms with van der Waals surface area (Å²) in [5.41, 5.74) is 6.96. The van der Waals surface area contributed by atoms with Gasteiger partial charge in [-0.05, 0) is 45.2 Å². The summed E-state index contributed by atoms with van der Waals surface area (Å²) in [6.45, 7) is 3.75. The summed E-state index contributed by atoms with van der Waals surface area (Å²) in [6, 6.07) is 8.85. The number of nitrogens with two attached hydrogens (primary N) is 1. The van der Waals surface area contributed by atoms with E-state index in [9.17, 15) is 4.79 Å². The molecule has 0 heterocycles. The zero-order valence-corrected chi connectivity index (χ0v) is 11.6. The van der Waals surface area contributed by atoms with Crippen LogP contribution in [0.25, 0.3) is 0 Å². The lowest BCUT2D eigenvalue weighted by Crippen LogP contribution is -2.44. The molecule has 5 heteroatoms. The van der Waals surface area contributed by atoms with Crippen LogP contribution < -0.4 is 11.1 Å². The van der Waals surface area contributed by atoms with Gasteiger partial charge in [0.15, 0.2) is 0 Å². The minimum atomic E-state index is -0.305. The van der Waals surface area contributed by atoms with E-state index in [0.29, 0.717) is 17.8 Å². The number of nitrogens with one attached hydrogen (secondary N) is 1. The Labute approximate surface area is 114 Å². The van der Waals surface area contributed by atoms with Gasteiger partial charge in [-0.1, -0.05) is 0 Å². The van der Waals surface area contributed by atoms with Crippen molar-refractivity contribution in [3.63, 3.8) is 0 Å². The first kappa shape index (κ1) is 15.0. The summed E-state index contributed by atoms with van der Waals surface area (Å²) in [4.78, 5) is 14.0.